The highest BCUT2D eigenvalue weighted by Crippen LogP contribution is 2.47. The highest BCUT2D eigenvalue weighted by Gasteiger charge is 2.53. The van der Waals surface area contributed by atoms with E-state index in [1.165, 1.54) is 7.11 Å². The molecule has 1 amide bonds. The summed E-state index contributed by atoms with van der Waals surface area (Å²) in [4.78, 5) is 39.8. The van der Waals surface area contributed by atoms with Gasteiger partial charge < -0.3 is 9.64 Å². The van der Waals surface area contributed by atoms with Crippen molar-refractivity contribution in [1.29, 1.82) is 5.26 Å². The van der Waals surface area contributed by atoms with Gasteiger partial charge in [-0.05, 0) is 31.5 Å². The second kappa shape index (κ2) is 8.09. The minimum atomic E-state index is -0.831. The van der Waals surface area contributed by atoms with E-state index in [-0.39, 0.29) is 43.2 Å². The van der Waals surface area contributed by atoms with Crippen LogP contribution in [0.3, 0.4) is 0 Å². The van der Waals surface area contributed by atoms with Crippen molar-refractivity contribution in [1.82, 2.24) is 4.90 Å². The molecule has 1 aliphatic heterocycles. The van der Waals surface area contributed by atoms with Crippen LogP contribution < -0.4 is 4.74 Å². The molecule has 2 fully saturated rings. The Kier molecular flexibility index (Phi) is 5.75. The maximum absolute atomic E-state index is 13.0. The van der Waals surface area contributed by atoms with E-state index >= 15 is 0 Å². The highest BCUT2D eigenvalue weighted by molar-refractivity contribution is 6.11. The molecule has 29 heavy (non-hydrogen) atoms. The van der Waals surface area contributed by atoms with Gasteiger partial charge in [0, 0.05) is 55.3 Å². The molecule has 0 atom stereocenters. The summed E-state index contributed by atoms with van der Waals surface area (Å²) in [5, 5.41) is 8.62. The molecular weight excluding hydrogens is 368 g/mol. The third-order valence-corrected chi connectivity index (χ3v) is 5.73. The summed E-state index contributed by atoms with van der Waals surface area (Å²) in [6.45, 7) is 4.42. The molecule has 1 aromatic carbocycles. The van der Waals surface area contributed by atoms with Gasteiger partial charge in [-0.2, -0.15) is 5.26 Å². The molecule has 1 spiro atoms. The number of nitriles is 1. The maximum atomic E-state index is 13.0. The Morgan fingerprint density at radius 3 is 2.48 bits per heavy atom. The Hall–Kier alpha value is -3.12. The standard InChI is InChI=1S/C23H24N2O4/c1-4-6-16-9-15(2)21(19(10-16)29-3)22-17(26)11-23(12-18(22)27)13-25(14-23)20(28)7-5-8-24/h9-10,22H,5,7,11-14H2,1-3H3. The molecule has 1 aromatic rings. The van der Waals surface area contributed by atoms with Crippen molar-refractivity contribution in [2.75, 3.05) is 20.2 Å². The monoisotopic (exact) mass is 392 g/mol. The highest BCUT2D eigenvalue weighted by atomic mass is 16.5. The number of hydrogen-bond donors (Lipinski definition) is 0. The Morgan fingerprint density at radius 2 is 1.93 bits per heavy atom. The molecule has 3 rings (SSSR count). The molecule has 1 heterocycles. The first-order valence-electron chi connectivity index (χ1n) is 9.65. The fraction of sp³-hybridized carbons (Fsp3) is 0.478. The number of nitrogens with zero attached hydrogens (tertiary/aromatic N) is 2. The molecule has 0 aromatic heterocycles. The zero-order chi connectivity index (χ0) is 21.2. The summed E-state index contributed by atoms with van der Waals surface area (Å²) in [6.07, 6.45) is 0.898. The van der Waals surface area contributed by atoms with E-state index in [0.29, 0.717) is 24.4 Å². The predicted octanol–water partition coefficient (Wildman–Crippen LogP) is 2.52. The first-order chi connectivity index (χ1) is 13.8. The van der Waals surface area contributed by atoms with Crippen LogP contribution in [0.25, 0.3) is 0 Å². The van der Waals surface area contributed by atoms with Gasteiger partial charge in [-0.1, -0.05) is 5.92 Å². The summed E-state index contributed by atoms with van der Waals surface area (Å²) in [5.74, 6) is 5.16. The quantitative estimate of drug-likeness (QED) is 0.580. The lowest BCUT2D eigenvalue weighted by atomic mass is 9.63. The second-order valence-corrected chi connectivity index (χ2v) is 7.91. The van der Waals surface area contributed by atoms with Crippen molar-refractivity contribution in [3.8, 4) is 23.7 Å². The van der Waals surface area contributed by atoms with Crippen LogP contribution in [-0.2, 0) is 14.4 Å². The topological polar surface area (TPSA) is 87.5 Å². The molecule has 0 N–H and O–H groups in total. The van der Waals surface area contributed by atoms with E-state index in [0.717, 1.165) is 11.1 Å². The number of ketones is 2. The minimum absolute atomic E-state index is 0.0932. The summed E-state index contributed by atoms with van der Waals surface area (Å²) < 4.78 is 5.49. The van der Waals surface area contributed by atoms with Crippen molar-refractivity contribution < 1.29 is 19.1 Å². The van der Waals surface area contributed by atoms with Gasteiger partial charge in [-0.3, -0.25) is 14.4 Å². The number of carbonyl (C=O) groups excluding carboxylic acids is 3. The summed E-state index contributed by atoms with van der Waals surface area (Å²) >= 11 is 0. The van der Waals surface area contributed by atoms with Crippen LogP contribution in [0.1, 0.15) is 55.2 Å². The zero-order valence-corrected chi connectivity index (χ0v) is 17.0. The number of carbonyl (C=O) groups is 3. The molecule has 6 heteroatoms. The first kappa shape index (κ1) is 20.6. The Morgan fingerprint density at radius 1 is 1.28 bits per heavy atom. The molecule has 0 bridgehead atoms. The molecule has 1 saturated heterocycles. The van der Waals surface area contributed by atoms with Crippen LogP contribution in [0.15, 0.2) is 12.1 Å². The van der Waals surface area contributed by atoms with Crippen molar-refractivity contribution in [2.45, 2.75) is 45.4 Å². The number of hydrogen-bond acceptors (Lipinski definition) is 5. The minimum Gasteiger partial charge on any atom is -0.496 e. The Labute approximate surface area is 170 Å². The number of aryl methyl sites for hydroxylation is 1. The van der Waals surface area contributed by atoms with E-state index in [1.54, 1.807) is 17.9 Å². The lowest BCUT2D eigenvalue weighted by Crippen LogP contribution is -2.62. The van der Waals surface area contributed by atoms with Gasteiger partial charge in [0.1, 0.15) is 23.2 Å². The second-order valence-electron chi connectivity index (χ2n) is 7.91. The van der Waals surface area contributed by atoms with E-state index in [1.807, 2.05) is 19.1 Å². The van der Waals surface area contributed by atoms with E-state index < -0.39 is 11.3 Å². The lowest BCUT2D eigenvalue weighted by molar-refractivity contribution is -0.154. The van der Waals surface area contributed by atoms with Crippen LogP contribution in [0.2, 0.25) is 0 Å². The van der Waals surface area contributed by atoms with Gasteiger partial charge in [0.05, 0.1) is 13.2 Å². The molecule has 0 radical (unpaired) electrons. The van der Waals surface area contributed by atoms with Gasteiger partial charge in [-0.15, -0.1) is 5.92 Å². The number of benzene rings is 1. The Bertz CT molecular complexity index is 951. The molecule has 1 aliphatic carbocycles. The number of ether oxygens (including phenoxy) is 1. The van der Waals surface area contributed by atoms with E-state index in [9.17, 15) is 14.4 Å². The molecular formula is C23H24N2O4. The Balaban J connectivity index is 1.80. The number of Topliss-reactive ketones (excluding diaryl/α,β-unsaturated/α-hetero) is 2. The molecule has 2 aliphatic rings. The van der Waals surface area contributed by atoms with Gasteiger partial charge in [0.15, 0.2) is 0 Å². The van der Waals surface area contributed by atoms with Gasteiger partial charge in [0.2, 0.25) is 5.91 Å². The van der Waals surface area contributed by atoms with Crippen molar-refractivity contribution in [2.24, 2.45) is 5.41 Å². The maximum Gasteiger partial charge on any atom is 0.223 e. The SMILES string of the molecule is CC#Cc1cc(C)c(C2C(=O)CC3(CC2=O)CN(C(=O)CCC#N)C3)c(OC)c1. The smallest absolute Gasteiger partial charge is 0.223 e. The largest absolute Gasteiger partial charge is 0.496 e. The van der Waals surface area contributed by atoms with Crippen LogP contribution in [0, 0.1) is 35.5 Å². The van der Waals surface area contributed by atoms with Gasteiger partial charge in [-0.25, -0.2) is 0 Å². The average Bonchev–Trinajstić information content (AvgIpc) is 2.64. The van der Waals surface area contributed by atoms with Crippen LogP contribution in [0.4, 0.5) is 0 Å². The molecule has 150 valence electrons. The number of methoxy groups -OCH3 is 1. The predicted molar refractivity (Wildman–Crippen MR) is 106 cm³/mol. The average molecular weight is 392 g/mol. The zero-order valence-electron chi connectivity index (χ0n) is 17.0. The van der Waals surface area contributed by atoms with Crippen LogP contribution in [-0.4, -0.2) is 42.6 Å². The fourth-order valence-corrected chi connectivity index (χ4v) is 4.51. The van der Waals surface area contributed by atoms with Gasteiger partial charge in [0.25, 0.3) is 0 Å². The molecule has 1 saturated carbocycles. The van der Waals surface area contributed by atoms with Crippen LogP contribution in [0.5, 0.6) is 5.75 Å². The van der Waals surface area contributed by atoms with E-state index in [4.69, 9.17) is 10.00 Å². The van der Waals surface area contributed by atoms with Crippen molar-refractivity contribution in [3.63, 3.8) is 0 Å². The first-order valence-corrected chi connectivity index (χ1v) is 9.65. The van der Waals surface area contributed by atoms with E-state index in [2.05, 4.69) is 11.8 Å². The summed E-state index contributed by atoms with van der Waals surface area (Å²) in [7, 11) is 1.53. The van der Waals surface area contributed by atoms with Crippen molar-refractivity contribution in [3.05, 3.63) is 28.8 Å². The number of rotatable bonds is 4. The van der Waals surface area contributed by atoms with Gasteiger partial charge >= 0.3 is 0 Å². The molecule has 0 unspecified atom stereocenters. The molecule has 6 nitrogen and oxygen atoms in total. The normalized spacial score (nSPS) is 17.9. The summed E-state index contributed by atoms with van der Waals surface area (Å²) in [5.41, 5.74) is 1.76. The number of likely N-dealkylation sites (tertiary alicyclic amines) is 1. The lowest BCUT2D eigenvalue weighted by Gasteiger charge is -2.52. The fourth-order valence-electron chi connectivity index (χ4n) is 4.51. The number of amides is 1. The summed E-state index contributed by atoms with van der Waals surface area (Å²) in [6, 6.07) is 5.60. The van der Waals surface area contributed by atoms with Crippen LogP contribution >= 0.6 is 0 Å². The third-order valence-electron chi connectivity index (χ3n) is 5.73. The third kappa shape index (κ3) is 3.89. The van der Waals surface area contributed by atoms with Crippen molar-refractivity contribution >= 4 is 17.5 Å².